The number of amides is 3. The number of anilines is 2. The molecule has 1 aliphatic carbocycles. The van der Waals surface area contributed by atoms with Crippen LogP contribution in [0.5, 0.6) is 11.5 Å². The van der Waals surface area contributed by atoms with Gasteiger partial charge in [0.1, 0.15) is 6.04 Å². The number of rotatable bonds is 11. The summed E-state index contributed by atoms with van der Waals surface area (Å²) in [6.45, 7) is 1.38. The van der Waals surface area contributed by atoms with E-state index in [-0.39, 0.29) is 46.8 Å². The standard InChI is InChI=1S/C32H33N3O8/c1-19(36)33-24-14-10-23(11-15-24)32(41)43-27-16-7-20(18-28(27)42-2)17-26(31(39)40)35-30(38)22-8-12-25(13-9-22)34-29(37)21-5-3-4-6-21/h7-16,18,21,26H,3-6,17H2,1-2H3,(H,33,36)(H,34,37)(H,35,38)(H,39,40). The topological polar surface area (TPSA) is 160 Å². The van der Waals surface area contributed by atoms with E-state index in [1.54, 1.807) is 30.3 Å². The summed E-state index contributed by atoms with van der Waals surface area (Å²) in [6.07, 6.45) is 3.78. The van der Waals surface area contributed by atoms with Crippen LogP contribution in [-0.4, -0.2) is 47.9 Å². The van der Waals surface area contributed by atoms with Gasteiger partial charge in [0.2, 0.25) is 11.8 Å². The Kier molecular flexibility index (Phi) is 10.1. The molecule has 11 heteroatoms. The lowest BCUT2D eigenvalue weighted by Crippen LogP contribution is -2.42. The number of carbonyl (C=O) groups excluding carboxylic acids is 4. The minimum absolute atomic E-state index is 0.00793. The van der Waals surface area contributed by atoms with Crippen LogP contribution in [0.3, 0.4) is 0 Å². The molecule has 0 aliphatic heterocycles. The Hall–Kier alpha value is -5.19. The first-order valence-electron chi connectivity index (χ1n) is 13.8. The molecule has 1 atom stereocenters. The fourth-order valence-electron chi connectivity index (χ4n) is 4.79. The van der Waals surface area contributed by atoms with Gasteiger partial charge in [0.15, 0.2) is 11.5 Å². The second-order valence-corrected chi connectivity index (χ2v) is 10.2. The third kappa shape index (κ3) is 8.41. The molecule has 3 amide bonds. The predicted octanol–water partition coefficient (Wildman–Crippen LogP) is 4.43. The van der Waals surface area contributed by atoms with Crippen LogP contribution < -0.4 is 25.4 Å². The minimum atomic E-state index is -1.26. The second-order valence-electron chi connectivity index (χ2n) is 10.2. The van der Waals surface area contributed by atoms with Crippen molar-refractivity contribution in [1.29, 1.82) is 0 Å². The van der Waals surface area contributed by atoms with E-state index >= 15 is 0 Å². The summed E-state index contributed by atoms with van der Waals surface area (Å²) in [5, 5.41) is 17.8. The number of benzene rings is 3. The van der Waals surface area contributed by atoms with Crippen LogP contribution in [0.4, 0.5) is 11.4 Å². The molecule has 3 aromatic rings. The van der Waals surface area contributed by atoms with Crippen LogP contribution in [0.2, 0.25) is 0 Å². The van der Waals surface area contributed by atoms with Crippen molar-refractivity contribution >= 4 is 41.0 Å². The molecule has 1 aliphatic rings. The summed E-state index contributed by atoms with van der Waals surface area (Å²) in [6, 6.07) is 15.8. The molecule has 0 saturated heterocycles. The highest BCUT2D eigenvalue weighted by Crippen LogP contribution is 2.30. The molecule has 4 rings (SSSR count). The van der Waals surface area contributed by atoms with Crippen molar-refractivity contribution in [1.82, 2.24) is 5.32 Å². The number of esters is 1. The van der Waals surface area contributed by atoms with Gasteiger partial charge in [-0.25, -0.2) is 9.59 Å². The molecule has 0 heterocycles. The summed E-state index contributed by atoms with van der Waals surface area (Å²) in [5.41, 5.74) is 2.12. The van der Waals surface area contributed by atoms with Gasteiger partial charge in [0, 0.05) is 36.2 Å². The maximum absolute atomic E-state index is 12.8. The summed E-state index contributed by atoms with van der Waals surface area (Å²) in [4.78, 5) is 61.0. The smallest absolute Gasteiger partial charge is 0.343 e. The van der Waals surface area contributed by atoms with Gasteiger partial charge in [-0.1, -0.05) is 18.9 Å². The molecule has 0 bridgehead atoms. The molecular formula is C32H33N3O8. The maximum atomic E-state index is 12.8. The Morgan fingerprint density at radius 2 is 1.44 bits per heavy atom. The van der Waals surface area contributed by atoms with Crippen LogP contribution in [0.1, 0.15) is 58.9 Å². The zero-order valence-corrected chi connectivity index (χ0v) is 23.8. The summed E-state index contributed by atoms with van der Waals surface area (Å²) >= 11 is 0. The van der Waals surface area contributed by atoms with Gasteiger partial charge in [-0.3, -0.25) is 14.4 Å². The van der Waals surface area contributed by atoms with E-state index < -0.39 is 23.9 Å². The van der Waals surface area contributed by atoms with Gasteiger partial charge in [-0.2, -0.15) is 0 Å². The van der Waals surface area contributed by atoms with Crippen molar-refractivity contribution in [2.24, 2.45) is 5.92 Å². The minimum Gasteiger partial charge on any atom is -0.493 e. The zero-order valence-electron chi connectivity index (χ0n) is 23.8. The lowest BCUT2D eigenvalue weighted by atomic mass is 10.0. The normalized spacial score (nSPS) is 13.4. The Bertz CT molecular complexity index is 1500. The van der Waals surface area contributed by atoms with E-state index in [4.69, 9.17) is 9.47 Å². The third-order valence-electron chi connectivity index (χ3n) is 7.06. The first-order valence-corrected chi connectivity index (χ1v) is 13.8. The zero-order chi connectivity index (χ0) is 30.9. The third-order valence-corrected chi connectivity index (χ3v) is 7.06. The number of nitrogens with one attached hydrogen (secondary N) is 3. The van der Waals surface area contributed by atoms with Crippen molar-refractivity contribution in [2.75, 3.05) is 17.7 Å². The molecule has 3 aromatic carbocycles. The van der Waals surface area contributed by atoms with E-state index in [2.05, 4.69) is 16.0 Å². The van der Waals surface area contributed by atoms with Crippen molar-refractivity contribution < 1.29 is 38.6 Å². The first-order chi connectivity index (χ1) is 20.6. The number of carbonyl (C=O) groups is 5. The SMILES string of the molecule is COc1cc(CC(NC(=O)c2ccc(NC(=O)C3CCCC3)cc2)C(=O)O)ccc1OC(=O)c1ccc(NC(C)=O)cc1. The van der Waals surface area contributed by atoms with Crippen molar-refractivity contribution in [3.8, 4) is 11.5 Å². The fraction of sp³-hybridized carbons (Fsp3) is 0.281. The summed E-state index contributed by atoms with van der Waals surface area (Å²) in [5.74, 6) is -2.40. The summed E-state index contributed by atoms with van der Waals surface area (Å²) in [7, 11) is 1.38. The molecule has 0 aromatic heterocycles. The monoisotopic (exact) mass is 587 g/mol. The number of hydrogen-bond donors (Lipinski definition) is 4. The number of carboxylic acids is 1. The first kappa shape index (κ1) is 30.8. The molecule has 0 spiro atoms. The van der Waals surface area contributed by atoms with Gasteiger partial charge >= 0.3 is 11.9 Å². The molecule has 1 unspecified atom stereocenters. The van der Waals surface area contributed by atoms with Crippen LogP contribution in [-0.2, 0) is 20.8 Å². The second kappa shape index (κ2) is 14.1. The van der Waals surface area contributed by atoms with Gasteiger partial charge in [-0.05, 0) is 79.1 Å². The highest BCUT2D eigenvalue weighted by Gasteiger charge is 2.24. The van der Waals surface area contributed by atoms with E-state index in [9.17, 15) is 29.1 Å². The predicted molar refractivity (Wildman–Crippen MR) is 158 cm³/mol. The van der Waals surface area contributed by atoms with Crippen LogP contribution in [0.15, 0.2) is 66.7 Å². The van der Waals surface area contributed by atoms with Crippen molar-refractivity contribution in [2.45, 2.75) is 45.1 Å². The largest absolute Gasteiger partial charge is 0.493 e. The molecule has 1 fully saturated rings. The van der Waals surface area contributed by atoms with Gasteiger partial charge < -0.3 is 30.5 Å². The fourth-order valence-corrected chi connectivity index (χ4v) is 4.79. The van der Waals surface area contributed by atoms with Gasteiger partial charge in [-0.15, -0.1) is 0 Å². The van der Waals surface area contributed by atoms with E-state index in [0.717, 1.165) is 25.7 Å². The van der Waals surface area contributed by atoms with Crippen molar-refractivity contribution in [3.05, 3.63) is 83.4 Å². The molecule has 43 heavy (non-hydrogen) atoms. The lowest BCUT2D eigenvalue weighted by Gasteiger charge is -2.16. The molecule has 224 valence electrons. The van der Waals surface area contributed by atoms with E-state index in [1.165, 1.54) is 50.4 Å². The lowest BCUT2D eigenvalue weighted by molar-refractivity contribution is -0.139. The van der Waals surface area contributed by atoms with Crippen molar-refractivity contribution in [3.63, 3.8) is 0 Å². The number of carboxylic acid groups (broad SMARTS) is 1. The quantitative estimate of drug-likeness (QED) is 0.189. The van der Waals surface area contributed by atoms with Crippen LogP contribution in [0, 0.1) is 5.92 Å². The molecule has 4 N–H and O–H groups in total. The number of ether oxygens (including phenoxy) is 2. The maximum Gasteiger partial charge on any atom is 0.343 e. The molecule has 11 nitrogen and oxygen atoms in total. The number of methoxy groups -OCH3 is 1. The van der Waals surface area contributed by atoms with Gasteiger partial charge in [0.05, 0.1) is 12.7 Å². The Morgan fingerprint density at radius 1 is 0.837 bits per heavy atom. The average molecular weight is 588 g/mol. The van der Waals surface area contributed by atoms with Crippen LogP contribution in [0.25, 0.3) is 0 Å². The highest BCUT2D eigenvalue weighted by molar-refractivity contribution is 5.98. The number of hydrogen-bond acceptors (Lipinski definition) is 7. The Morgan fingerprint density at radius 3 is 2.02 bits per heavy atom. The molecule has 0 radical (unpaired) electrons. The molecule has 1 saturated carbocycles. The highest BCUT2D eigenvalue weighted by atomic mass is 16.6. The van der Waals surface area contributed by atoms with E-state index in [0.29, 0.717) is 16.9 Å². The van der Waals surface area contributed by atoms with E-state index in [1.807, 2.05) is 0 Å². The Balaban J connectivity index is 1.37. The molecular weight excluding hydrogens is 554 g/mol. The Labute approximate surface area is 248 Å². The summed E-state index contributed by atoms with van der Waals surface area (Å²) < 4.78 is 10.8. The average Bonchev–Trinajstić information content (AvgIpc) is 3.53. The van der Waals surface area contributed by atoms with Gasteiger partial charge in [0.25, 0.3) is 5.91 Å². The number of aliphatic carboxylic acids is 1. The van der Waals surface area contributed by atoms with Crippen LogP contribution >= 0.6 is 0 Å².